The number of hydrogen-bond acceptors (Lipinski definition) is 3. The molecule has 2 N–H and O–H groups in total. The Balaban J connectivity index is 1.94. The van der Waals surface area contributed by atoms with Crippen LogP contribution in [-0.2, 0) is 0 Å². The molecule has 2 aliphatic rings. The molecular formula is C18H25N2O2+. The van der Waals surface area contributed by atoms with Crippen molar-refractivity contribution >= 4 is 0 Å². The molecule has 22 heavy (non-hydrogen) atoms. The van der Waals surface area contributed by atoms with E-state index in [9.17, 15) is 10.4 Å². The van der Waals surface area contributed by atoms with Crippen molar-refractivity contribution in [3.63, 3.8) is 0 Å². The quantitative estimate of drug-likeness (QED) is 0.831. The number of nitrogens with zero attached hydrogens (tertiary/aromatic N) is 1. The summed E-state index contributed by atoms with van der Waals surface area (Å²) >= 11 is 0. The van der Waals surface area contributed by atoms with Gasteiger partial charge < -0.3 is 14.7 Å². The molecule has 0 radical (unpaired) electrons. The van der Waals surface area contributed by atoms with Crippen LogP contribution in [0.25, 0.3) is 0 Å². The molecule has 4 atom stereocenters. The number of fused-ring (bicyclic) bond motifs is 1. The lowest BCUT2D eigenvalue weighted by atomic mass is 9.66. The SMILES string of the molecule is COc1ccc([C@@H]2[C@@H]3CCCC[C@]3(O)CC[NH+]2CC#N)cc1. The van der Waals surface area contributed by atoms with E-state index >= 15 is 0 Å². The van der Waals surface area contributed by atoms with Gasteiger partial charge in [-0.2, -0.15) is 5.26 Å². The normalized spacial score (nSPS) is 34.5. The highest BCUT2D eigenvalue weighted by Crippen LogP contribution is 2.44. The average Bonchev–Trinajstić information content (AvgIpc) is 2.55. The highest BCUT2D eigenvalue weighted by molar-refractivity contribution is 5.29. The minimum absolute atomic E-state index is 0.213. The van der Waals surface area contributed by atoms with Gasteiger partial charge in [0.1, 0.15) is 17.9 Å². The fourth-order valence-electron chi connectivity index (χ4n) is 4.43. The first-order valence-electron chi connectivity index (χ1n) is 8.26. The van der Waals surface area contributed by atoms with Gasteiger partial charge in [0.05, 0.1) is 19.3 Å². The third-order valence-electron chi connectivity index (χ3n) is 5.57. The van der Waals surface area contributed by atoms with E-state index in [1.807, 2.05) is 12.1 Å². The molecular weight excluding hydrogens is 276 g/mol. The summed E-state index contributed by atoms with van der Waals surface area (Å²) < 4.78 is 5.25. The van der Waals surface area contributed by atoms with E-state index in [2.05, 4.69) is 18.2 Å². The van der Waals surface area contributed by atoms with E-state index in [0.29, 0.717) is 6.54 Å². The van der Waals surface area contributed by atoms with E-state index in [1.165, 1.54) is 16.9 Å². The number of likely N-dealkylation sites (tertiary alicyclic amines) is 1. The second-order valence-electron chi connectivity index (χ2n) is 6.70. The Hall–Kier alpha value is -1.57. The summed E-state index contributed by atoms with van der Waals surface area (Å²) in [4.78, 5) is 1.30. The molecule has 1 saturated carbocycles. The lowest BCUT2D eigenvalue weighted by Gasteiger charge is -2.49. The van der Waals surface area contributed by atoms with Crippen LogP contribution in [-0.4, -0.2) is 30.9 Å². The summed E-state index contributed by atoms with van der Waals surface area (Å²) in [5, 5.41) is 20.3. The Bertz CT molecular complexity index is 551. The fraction of sp³-hybridized carbons (Fsp3) is 0.611. The number of nitrogens with one attached hydrogen (secondary N) is 1. The van der Waals surface area contributed by atoms with Crippen LogP contribution < -0.4 is 9.64 Å². The maximum Gasteiger partial charge on any atom is 0.165 e. The molecule has 2 fully saturated rings. The number of quaternary nitrogens is 1. The number of rotatable bonds is 3. The van der Waals surface area contributed by atoms with Crippen LogP contribution in [0.1, 0.15) is 43.7 Å². The van der Waals surface area contributed by atoms with Crippen LogP contribution in [0.3, 0.4) is 0 Å². The van der Waals surface area contributed by atoms with E-state index in [-0.39, 0.29) is 12.0 Å². The number of hydrogen-bond donors (Lipinski definition) is 2. The van der Waals surface area contributed by atoms with Crippen LogP contribution >= 0.6 is 0 Å². The van der Waals surface area contributed by atoms with Gasteiger partial charge in [0.25, 0.3) is 0 Å². The zero-order chi connectivity index (χ0) is 15.6. The molecule has 1 aliphatic heterocycles. The van der Waals surface area contributed by atoms with Crippen LogP contribution in [0.2, 0.25) is 0 Å². The number of piperidine rings is 1. The molecule has 0 bridgehead atoms. The van der Waals surface area contributed by atoms with Gasteiger partial charge in [0.15, 0.2) is 6.54 Å². The smallest absolute Gasteiger partial charge is 0.165 e. The number of methoxy groups -OCH3 is 1. The largest absolute Gasteiger partial charge is 0.497 e. The number of benzene rings is 1. The first kappa shape index (κ1) is 15.3. The topological polar surface area (TPSA) is 57.7 Å². The molecule has 4 heteroatoms. The van der Waals surface area contributed by atoms with Crippen molar-refractivity contribution in [2.45, 2.75) is 43.7 Å². The molecule has 1 aliphatic carbocycles. The summed E-state index contributed by atoms with van der Waals surface area (Å²) in [6.45, 7) is 1.38. The molecule has 3 rings (SSSR count). The first-order valence-corrected chi connectivity index (χ1v) is 8.26. The molecule has 1 unspecified atom stereocenters. The number of aliphatic hydroxyl groups is 1. The number of ether oxygens (including phenoxy) is 1. The van der Waals surface area contributed by atoms with Crippen molar-refractivity contribution in [2.75, 3.05) is 20.2 Å². The van der Waals surface area contributed by atoms with E-state index in [0.717, 1.165) is 38.0 Å². The maximum absolute atomic E-state index is 11.1. The summed E-state index contributed by atoms with van der Waals surface area (Å²) in [6, 6.07) is 10.7. The van der Waals surface area contributed by atoms with Gasteiger partial charge in [-0.1, -0.05) is 12.8 Å². The average molecular weight is 301 g/mol. The third kappa shape index (κ3) is 2.71. The highest BCUT2D eigenvalue weighted by atomic mass is 16.5. The summed E-state index contributed by atoms with van der Waals surface area (Å²) in [7, 11) is 1.67. The molecule has 0 amide bonds. The first-order chi connectivity index (χ1) is 10.7. The zero-order valence-corrected chi connectivity index (χ0v) is 13.2. The molecule has 1 saturated heterocycles. The Labute approximate surface area is 132 Å². The Kier molecular flexibility index (Phi) is 4.37. The minimum Gasteiger partial charge on any atom is -0.497 e. The second-order valence-corrected chi connectivity index (χ2v) is 6.70. The molecule has 1 heterocycles. The number of nitriles is 1. The highest BCUT2D eigenvalue weighted by Gasteiger charge is 2.51. The van der Waals surface area contributed by atoms with Gasteiger partial charge in [0, 0.05) is 17.9 Å². The van der Waals surface area contributed by atoms with Gasteiger partial charge in [-0.3, -0.25) is 0 Å². The Morgan fingerprint density at radius 1 is 1.32 bits per heavy atom. The van der Waals surface area contributed by atoms with Gasteiger partial charge in [-0.25, -0.2) is 0 Å². The second kappa shape index (κ2) is 6.28. The van der Waals surface area contributed by atoms with Crippen LogP contribution in [0, 0.1) is 17.2 Å². The predicted octanol–water partition coefficient (Wildman–Crippen LogP) is 1.47. The predicted molar refractivity (Wildman–Crippen MR) is 83.6 cm³/mol. The molecule has 1 aromatic rings. The van der Waals surface area contributed by atoms with Crippen molar-refractivity contribution in [1.82, 2.24) is 0 Å². The van der Waals surface area contributed by atoms with Crippen molar-refractivity contribution in [1.29, 1.82) is 5.26 Å². The summed E-state index contributed by atoms with van der Waals surface area (Å²) in [5.74, 6) is 1.10. The third-order valence-corrected chi connectivity index (χ3v) is 5.57. The van der Waals surface area contributed by atoms with E-state index in [4.69, 9.17) is 4.74 Å². The van der Waals surface area contributed by atoms with Crippen LogP contribution in [0.15, 0.2) is 24.3 Å². The molecule has 4 nitrogen and oxygen atoms in total. The summed E-state index contributed by atoms with van der Waals surface area (Å²) in [6.07, 6.45) is 5.09. The zero-order valence-electron chi connectivity index (χ0n) is 13.2. The monoisotopic (exact) mass is 301 g/mol. The van der Waals surface area contributed by atoms with Crippen molar-refractivity contribution in [2.24, 2.45) is 5.92 Å². The van der Waals surface area contributed by atoms with E-state index in [1.54, 1.807) is 7.11 Å². The maximum atomic E-state index is 11.1. The minimum atomic E-state index is -0.540. The standard InChI is InChI=1S/C18H24N2O2/c1-22-15-7-5-14(6-8-15)17-16-4-2-3-9-18(16,21)10-12-20(17)13-11-19/h5-8,16-17,21H,2-4,9-10,12-13H2,1H3/p+1/t16-,17+,18-/m0/s1. The van der Waals surface area contributed by atoms with Crippen LogP contribution in [0.4, 0.5) is 0 Å². The molecule has 118 valence electrons. The van der Waals surface area contributed by atoms with Gasteiger partial charge in [0.2, 0.25) is 0 Å². The van der Waals surface area contributed by atoms with Gasteiger partial charge in [-0.15, -0.1) is 0 Å². The van der Waals surface area contributed by atoms with Crippen molar-refractivity contribution in [3.8, 4) is 11.8 Å². The Morgan fingerprint density at radius 3 is 2.77 bits per heavy atom. The lowest BCUT2D eigenvalue weighted by Crippen LogP contribution is -3.15. The van der Waals surface area contributed by atoms with Crippen molar-refractivity contribution in [3.05, 3.63) is 29.8 Å². The Morgan fingerprint density at radius 2 is 2.09 bits per heavy atom. The van der Waals surface area contributed by atoms with Crippen LogP contribution in [0.5, 0.6) is 5.75 Å². The van der Waals surface area contributed by atoms with E-state index < -0.39 is 5.60 Å². The lowest BCUT2D eigenvalue weighted by molar-refractivity contribution is -0.938. The van der Waals surface area contributed by atoms with Gasteiger partial charge >= 0.3 is 0 Å². The molecule has 1 aromatic carbocycles. The van der Waals surface area contributed by atoms with Gasteiger partial charge in [-0.05, 0) is 37.1 Å². The fourth-order valence-corrected chi connectivity index (χ4v) is 4.43. The molecule has 0 spiro atoms. The van der Waals surface area contributed by atoms with Crippen molar-refractivity contribution < 1.29 is 14.7 Å². The molecule has 0 aromatic heterocycles. The summed E-state index contributed by atoms with van der Waals surface area (Å²) in [5.41, 5.74) is 0.679.